The predicted octanol–water partition coefficient (Wildman–Crippen LogP) is 3.57. The Morgan fingerprint density at radius 1 is 0.929 bits per heavy atom. The molecule has 1 heteroatoms. The molecule has 0 aromatic heterocycles. The molecule has 0 aromatic rings. The van der Waals surface area contributed by atoms with Crippen molar-refractivity contribution in [2.45, 2.75) is 70.0 Å². The van der Waals surface area contributed by atoms with Crippen LogP contribution in [-0.2, 0) is 0 Å². The van der Waals surface area contributed by atoms with Crippen LogP contribution in [0.4, 0.5) is 0 Å². The van der Waals surface area contributed by atoms with E-state index >= 15 is 0 Å². The summed E-state index contributed by atoms with van der Waals surface area (Å²) in [5.74, 6) is 2.14. The molecule has 0 aliphatic heterocycles. The number of hydrogen-bond donors (Lipinski definition) is 0. The average Bonchev–Trinajstić information content (AvgIpc) is 2.16. The molecule has 1 atom stereocenters. The molecule has 0 amide bonds. The quantitative estimate of drug-likeness (QED) is 0.514. The van der Waals surface area contributed by atoms with E-state index in [0.717, 1.165) is 11.8 Å². The van der Waals surface area contributed by atoms with Crippen molar-refractivity contribution in [1.29, 1.82) is 0 Å². The Hall–Kier alpha value is 0.0649. The minimum Gasteiger partial charge on any atom is -0.0669 e. The standard InChI is InChI=1S/C13H25B/c1-13(14)9-8-11-4-2-6-12(10-13)7-3-5-11/h11-12H,2-10,14H2,1H3. The zero-order valence-corrected chi connectivity index (χ0v) is 10.0. The maximum atomic E-state index is 2.49. The molecule has 80 valence electrons. The van der Waals surface area contributed by atoms with Gasteiger partial charge >= 0.3 is 0 Å². The molecular formula is C13H25B. The summed E-state index contributed by atoms with van der Waals surface area (Å²) < 4.78 is 0. The van der Waals surface area contributed by atoms with E-state index < -0.39 is 0 Å². The summed E-state index contributed by atoms with van der Waals surface area (Å²) in [5.41, 5.74) is 0. The maximum absolute atomic E-state index is 2.49. The van der Waals surface area contributed by atoms with Gasteiger partial charge in [-0.2, -0.15) is 0 Å². The molecule has 3 fully saturated rings. The van der Waals surface area contributed by atoms with Crippen molar-refractivity contribution in [2.24, 2.45) is 11.8 Å². The Morgan fingerprint density at radius 2 is 1.50 bits per heavy atom. The van der Waals surface area contributed by atoms with Gasteiger partial charge in [0.15, 0.2) is 0 Å². The molecule has 3 rings (SSSR count). The van der Waals surface area contributed by atoms with Gasteiger partial charge in [-0.3, -0.25) is 0 Å². The van der Waals surface area contributed by atoms with Gasteiger partial charge in [-0.1, -0.05) is 70.0 Å². The smallest absolute Gasteiger partial charge is 0.0669 e. The zero-order chi connectivity index (χ0) is 10.0. The lowest BCUT2D eigenvalue weighted by atomic mass is 9.62. The lowest BCUT2D eigenvalue weighted by Crippen LogP contribution is -2.13. The van der Waals surface area contributed by atoms with Crippen LogP contribution >= 0.6 is 0 Å². The molecule has 14 heavy (non-hydrogen) atoms. The van der Waals surface area contributed by atoms with E-state index in [9.17, 15) is 0 Å². The van der Waals surface area contributed by atoms with Gasteiger partial charge in [0.05, 0.1) is 0 Å². The van der Waals surface area contributed by atoms with Gasteiger partial charge < -0.3 is 0 Å². The van der Waals surface area contributed by atoms with Gasteiger partial charge in [-0.05, 0) is 11.8 Å². The Bertz CT molecular complexity index is 176. The summed E-state index contributed by atoms with van der Waals surface area (Å²) in [6.45, 7) is 2.49. The highest BCUT2D eigenvalue weighted by Gasteiger charge is 2.28. The lowest BCUT2D eigenvalue weighted by Gasteiger charge is -2.28. The number of rotatable bonds is 0. The second kappa shape index (κ2) is 4.29. The number of hydrogen-bond acceptors (Lipinski definition) is 0. The number of fused-ring (bicyclic) bond motifs is 7. The van der Waals surface area contributed by atoms with E-state index in [-0.39, 0.29) is 0 Å². The highest BCUT2D eigenvalue weighted by Crippen LogP contribution is 2.44. The van der Waals surface area contributed by atoms with Crippen LogP contribution in [0, 0.1) is 11.8 Å². The van der Waals surface area contributed by atoms with Crippen molar-refractivity contribution in [3.8, 4) is 0 Å². The minimum atomic E-state index is 0.637. The van der Waals surface area contributed by atoms with E-state index in [4.69, 9.17) is 0 Å². The highest BCUT2D eigenvalue weighted by atomic mass is 14.3. The molecule has 0 nitrogen and oxygen atoms in total. The van der Waals surface area contributed by atoms with Crippen molar-refractivity contribution in [3.63, 3.8) is 0 Å². The Balaban J connectivity index is 2.08. The molecular weight excluding hydrogens is 167 g/mol. The first kappa shape index (κ1) is 10.6. The molecule has 0 N–H and O–H groups in total. The molecule has 0 heterocycles. The van der Waals surface area contributed by atoms with Crippen molar-refractivity contribution >= 4 is 7.85 Å². The third kappa shape index (κ3) is 2.78. The third-order valence-electron chi connectivity index (χ3n) is 4.52. The maximum Gasteiger partial charge on any atom is 0.109 e. The summed E-state index contributed by atoms with van der Waals surface area (Å²) in [5, 5.41) is 0.637. The Morgan fingerprint density at radius 3 is 2.14 bits per heavy atom. The van der Waals surface area contributed by atoms with Crippen LogP contribution in [0.3, 0.4) is 0 Å². The van der Waals surface area contributed by atoms with Crippen LogP contribution in [0.1, 0.15) is 64.7 Å². The van der Waals surface area contributed by atoms with Crippen LogP contribution in [0.15, 0.2) is 0 Å². The van der Waals surface area contributed by atoms with E-state index in [1.165, 1.54) is 57.8 Å². The van der Waals surface area contributed by atoms with Crippen molar-refractivity contribution in [2.75, 3.05) is 0 Å². The second-order valence-corrected chi connectivity index (χ2v) is 6.50. The Labute approximate surface area is 90.3 Å². The zero-order valence-electron chi connectivity index (χ0n) is 10.0. The van der Waals surface area contributed by atoms with Gasteiger partial charge in [-0.25, -0.2) is 0 Å². The van der Waals surface area contributed by atoms with Crippen molar-refractivity contribution < 1.29 is 0 Å². The van der Waals surface area contributed by atoms with Gasteiger partial charge in [0.1, 0.15) is 7.85 Å². The predicted molar refractivity (Wildman–Crippen MR) is 65.4 cm³/mol. The van der Waals surface area contributed by atoms with Crippen LogP contribution < -0.4 is 0 Å². The minimum absolute atomic E-state index is 0.637. The van der Waals surface area contributed by atoms with Crippen molar-refractivity contribution in [3.05, 3.63) is 0 Å². The van der Waals surface area contributed by atoms with Crippen LogP contribution in [0.5, 0.6) is 0 Å². The molecule has 0 saturated heterocycles. The summed E-state index contributed by atoms with van der Waals surface area (Å²) >= 11 is 0. The Kier molecular flexibility index (Phi) is 3.24. The highest BCUT2D eigenvalue weighted by molar-refractivity contribution is 6.14. The van der Waals surface area contributed by atoms with Gasteiger partial charge in [0.25, 0.3) is 0 Å². The van der Waals surface area contributed by atoms with E-state index in [0.29, 0.717) is 5.31 Å². The fourth-order valence-electron chi connectivity index (χ4n) is 3.65. The fraction of sp³-hybridized carbons (Fsp3) is 1.00. The SMILES string of the molecule is BC1(C)CCC2CCCC(CCC2)C1. The first-order valence-electron chi connectivity index (χ1n) is 6.66. The van der Waals surface area contributed by atoms with E-state index in [1.807, 2.05) is 0 Å². The first-order valence-corrected chi connectivity index (χ1v) is 6.66. The lowest BCUT2D eigenvalue weighted by molar-refractivity contribution is 0.316. The van der Waals surface area contributed by atoms with Gasteiger partial charge in [-0.15, -0.1) is 0 Å². The summed E-state index contributed by atoms with van der Waals surface area (Å²) in [6, 6.07) is 0. The molecule has 2 bridgehead atoms. The third-order valence-corrected chi connectivity index (χ3v) is 4.52. The molecule has 0 spiro atoms. The molecule has 0 radical (unpaired) electrons. The molecule has 3 aliphatic rings. The van der Waals surface area contributed by atoms with Gasteiger partial charge in [0.2, 0.25) is 0 Å². The summed E-state index contributed by atoms with van der Waals surface area (Å²) in [4.78, 5) is 0. The summed E-state index contributed by atoms with van der Waals surface area (Å²) in [7, 11) is 2.49. The van der Waals surface area contributed by atoms with Crippen LogP contribution in [0.25, 0.3) is 0 Å². The monoisotopic (exact) mass is 192 g/mol. The van der Waals surface area contributed by atoms with Gasteiger partial charge in [0, 0.05) is 0 Å². The summed E-state index contributed by atoms with van der Waals surface area (Å²) in [6.07, 6.45) is 13.7. The van der Waals surface area contributed by atoms with E-state index in [2.05, 4.69) is 14.8 Å². The molecule has 0 aromatic carbocycles. The average molecular weight is 192 g/mol. The topological polar surface area (TPSA) is 0 Å². The van der Waals surface area contributed by atoms with Crippen LogP contribution in [-0.4, -0.2) is 7.85 Å². The molecule has 1 unspecified atom stereocenters. The fourth-order valence-corrected chi connectivity index (χ4v) is 3.65. The largest absolute Gasteiger partial charge is 0.109 e. The van der Waals surface area contributed by atoms with E-state index in [1.54, 1.807) is 0 Å². The van der Waals surface area contributed by atoms with Crippen molar-refractivity contribution in [1.82, 2.24) is 0 Å². The molecule has 3 aliphatic carbocycles. The van der Waals surface area contributed by atoms with Crippen LogP contribution in [0.2, 0.25) is 5.31 Å². The normalized spacial score (nSPS) is 44.9. The second-order valence-electron chi connectivity index (χ2n) is 6.50. The first-order chi connectivity index (χ1) is 6.66. The molecule has 3 saturated carbocycles.